The monoisotopic (exact) mass is 184 g/mol. The largest absolute Gasteiger partial charge is 0.574 e. The lowest BCUT2D eigenvalue weighted by Crippen LogP contribution is -2.16. The third kappa shape index (κ3) is 2.71. The van der Waals surface area contributed by atoms with E-state index in [4.69, 9.17) is 0 Å². The van der Waals surface area contributed by atoms with E-state index in [0.717, 1.165) is 11.3 Å². The second kappa shape index (κ2) is 2.65. The van der Waals surface area contributed by atoms with Crippen LogP contribution in [0.15, 0.2) is 0 Å². The predicted octanol–water partition coefficient (Wildman–Crippen LogP) is 1.75. The molecule has 0 saturated heterocycles. The fraction of sp³-hybridized carbons (Fsp3) is 0.500. The van der Waals surface area contributed by atoms with E-state index in [1.165, 1.54) is 0 Å². The Labute approximate surface area is 63.8 Å². The molecule has 1 aromatic rings. The van der Waals surface area contributed by atoms with E-state index in [1.54, 1.807) is 6.92 Å². The summed E-state index contributed by atoms with van der Waals surface area (Å²) in [5.74, 6) is 0. The molecule has 1 aromatic heterocycles. The predicted molar refractivity (Wildman–Crippen MR) is 31.3 cm³/mol. The van der Waals surface area contributed by atoms with Crippen molar-refractivity contribution in [2.24, 2.45) is 0 Å². The maximum atomic E-state index is 11.5. The molecule has 0 amide bonds. The highest BCUT2D eigenvalue weighted by atomic mass is 32.1. The molecule has 3 nitrogen and oxygen atoms in total. The number of ether oxygens (including phenoxy) is 1. The van der Waals surface area contributed by atoms with Gasteiger partial charge >= 0.3 is 11.6 Å². The molecule has 11 heavy (non-hydrogen) atoms. The Hall–Kier alpha value is -0.850. The van der Waals surface area contributed by atoms with Gasteiger partial charge in [-0.25, -0.2) is 0 Å². The highest BCUT2D eigenvalue weighted by Crippen LogP contribution is 2.24. The van der Waals surface area contributed by atoms with E-state index in [9.17, 15) is 13.2 Å². The second-order valence-corrected chi connectivity index (χ2v) is 2.78. The average Bonchev–Trinajstić information content (AvgIpc) is 2.10. The van der Waals surface area contributed by atoms with Crippen molar-refractivity contribution in [1.82, 2.24) is 10.2 Å². The van der Waals surface area contributed by atoms with E-state index in [2.05, 4.69) is 14.9 Å². The van der Waals surface area contributed by atoms with Crippen molar-refractivity contribution in [2.45, 2.75) is 13.3 Å². The average molecular weight is 184 g/mol. The first-order valence-corrected chi connectivity index (χ1v) is 3.35. The maximum Gasteiger partial charge on any atom is 0.574 e. The summed E-state index contributed by atoms with van der Waals surface area (Å²) in [6, 6.07) is 0. The van der Waals surface area contributed by atoms with Crippen molar-refractivity contribution in [3.8, 4) is 5.19 Å². The van der Waals surface area contributed by atoms with Crippen LogP contribution in [-0.4, -0.2) is 16.6 Å². The molecule has 0 aliphatic carbocycles. The Kier molecular flexibility index (Phi) is 1.99. The van der Waals surface area contributed by atoms with Gasteiger partial charge < -0.3 is 4.74 Å². The molecule has 1 rings (SSSR count). The first-order valence-electron chi connectivity index (χ1n) is 2.53. The van der Waals surface area contributed by atoms with Crippen molar-refractivity contribution in [3.63, 3.8) is 0 Å². The van der Waals surface area contributed by atoms with E-state index in [-0.39, 0.29) is 0 Å². The third-order valence-electron chi connectivity index (χ3n) is 0.711. The topological polar surface area (TPSA) is 35.0 Å². The summed E-state index contributed by atoms with van der Waals surface area (Å²) in [6.07, 6.45) is -4.67. The van der Waals surface area contributed by atoms with Crippen LogP contribution in [0.2, 0.25) is 0 Å². The Bertz CT molecular complexity index is 246. The summed E-state index contributed by atoms with van der Waals surface area (Å²) in [5.41, 5.74) is 0. The standard InChI is InChI=1S/C4H3F3N2OS/c1-2-8-9-3(11-2)10-4(5,6)7/h1H3. The molecule has 0 unspecified atom stereocenters. The van der Waals surface area contributed by atoms with Crippen LogP contribution in [0.1, 0.15) is 5.01 Å². The Balaban J connectivity index is 2.65. The van der Waals surface area contributed by atoms with E-state index < -0.39 is 11.6 Å². The summed E-state index contributed by atoms with van der Waals surface area (Å²) >= 11 is 0.750. The van der Waals surface area contributed by atoms with Crippen LogP contribution in [0.3, 0.4) is 0 Å². The molecule has 0 atom stereocenters. The highest BCUT2D eigenvalue weighted by Gasteiger charge is 2.32. The van der Waals surface area contributed by atoms with Crippen molar-refractivity contribution >= 4 is 11.3 Å². The summed E-state index contributed by atoms with van der Waals surface area (Å²) in [4.78, 5) is 0. The number of aryl methyl sites for hydroxylation is 1. The summed E-state index contributed by atoms with van der Waals surface area (Å²) in [5, 5.41) is 6.43. The fourth-order valence-electron chi connectivity index (χ4n) is 0.419. The lowest BCUT2D eigenvalue weighted by atomic mass is 10.9. The molecule has 62 valence electrons. The number of alkyl halides is 3. The fourth-order valence-corrected chi connectivity index (χ4v) is 0.971. The molecule has 0 aliphatic rings. The van der Waals surface area contributed by atoms with Crippen LogP contribution in [0.5, 0.6) is 5.19 Å². The maximum absolute atomic E-state index is 11.5. The SMILES string of the molecule is Cc1nnc(OC(F)(F)F)s1. The van der Waals surface area contributed by atoms with Gasteiger partial charge in [-0.1, -0.05) is 16.4 Å². The normalized spacial score (nSPS) is 11.6. The van der Waals surface area contributed by atoms with Gasteiger partial charge in [-0.2, -0.15) is 0 Å². The zero-order valence-electron chi connectivity index (χ0n) is 5.34. The molecule has 0 spiro atoms. The molecular weight excluding hydrogens is 181 g/mol. The molecule has 0 saturated carbocycles. The number of nitrogens with zero attached hydrogens (tertiary/aromatic N) is 2. The molecule has 0 aliphatic heterocycles. The molecule has 0 fully saturated rings. The van der Waals surface area contributed by atoms with Gasteiger partial charge in [0, 0.05) is 0 Å². The lowest BCUT2D eigenvalue weighted by Gasteiger charge is -2.02. The van der Waals surface area contributed by atoms with Gasteiger partial charge in [-0.15, -0.1) is 18.3 Å². The van der Waals surface area contributed by atoms with Gasteiger partial charge in [0.25, 0.3) is 0 Å². The molecular formula is C4H3F3N2OS. The Morgan fingerprint density at radius 1 is 1.36 bits per heavy atom. The number of rotatable bonds is 1. The Morgan fingerprint density at radius 3 is 2.36 bits per heavy atom. The zero-order valence-corrected chi connectivity index (χ0v) is 6.16. The second-order valence-electron chi connectivity index (χ2n) is 1.63. The van der Waals surface area contributed by atoms with Gasteiger partial charge in [-0.05, 0) is 6.92 Å². The minimum absolute atomic E-state index is 0.434. The number of halogens is 3. The van der Waals surface area contributed by atoms with E-state index >= 15 is 0 Å². The van der Waals surface area contributed by atoms with Gasteiger partial charge in [-0.3, -0.25) is 0 Å². The van der Waals surface area contributed by atoms with Crippen molar-refractivity contribution < 1.29 is 17.9 Å². The van der Waals surface area contributed by atoms with Crippen LogP contribution >= 0.6 is 11.3 Å². The van der Waals surface area contributed by atoms with Crippen molar-refractivity contribution in [3.05, 3.63) is 5.01 Å². The quantitative estimate of drug-likeness (QED) is 0.666. The van der Waals surface area contributed by atoms with Crippen LogP contribution in [0.25, 0.3) is 0 Å². The number of hydrogen-bond acceptors (Lipinski definition) is 4. The van der Waals surface area contributed by atoms with E-state index in [0.29, 0.717) is 5.01 Å². The minimum atomic E-state index is -4.67. The molecule has 0 radical (unpaired) electrons. The summed E-state index contributed by atoms with van der Waals surface area (Å²) in [6.45, 7) is 1.54. The highest BCUT2D eigenvalue weighted by molar-refractivity contribution is 7.12. The third-order valence-corrected chi connectivity index (χ3v) is 1.43. The molecule has 7 heteroatoms. The molecule has 1 heterocycles. The summed E-state index contributed by atoms with van der Waals surface area (Å²) < 4.78 is 37.9. The first-order chi connectivity index (χ1) is 4.97. The molecule has 0 N–H and O–H groups in total. The van der Waals surface area contributed by atoms with Gasteiger partial charge in [0.1, 0.15) is 5.01 Å². The zero-order chi connectivity index (χ0) is 8.48. The molecule has 0 bridgehead atoms. The van der Waals surface area contributed by atoms with Gasteiger partial charge in [0.2, 0.25) is 0 Å². The van der Waals surface area contributed by atoms with Crippen LogP contribution in [-0.2, 0) is 0 Å². The van der Waals surface area contributed by atoms with Gasteiger partial charge in [0.05, 0.1) is 0 Å². The van der Waals surface area contributed by atoms with Crippen LogP contribution < -0.4 is 4.74 Å². The summed E-state index contributed by atoms with van der Waals surface area (Å²) in [7, 11) is 0. The smallest absolute Gasteiger partial charge is 0.377 e. The Morgan fingerprint density at radius 2 is 2.00 bits per heavy atom. The van der Waals surface area contributed by atoms with Crippen molar-refractivity contribution in [2.75, 3.05) is 0 Å². The lowest BCUT2D eigenvalue weighted by molar-refractivity contribution is -0.274. The number of hydrogen-bond donors (Lipinski definition) is 0. The van der Waals surface area contributed by atoms with Crippen LogP contribution in [0, 0.1) is 6.92 Å². The first kappa shape index (κ1) is 8.25. The van der Waals surface area contributed by atoms with E-state index in [1.807, 2.05) is 0 Å². The van der Waals surface area contributed by atoms with Crippen LogP contribution in [0.4, 0.5) is 13.2 Å². The molecule has 0 aromatic carbocycles. The van der Waals surface area contributed by atoms with Crippen molar-refractivity contribution in [1.29, 1.82) is 0 Å². The number of aromatic nitrogens is 2. The minimum Gasteiger partial charge on any atom is -0.377 e. The van der Waals surface area contributed by atoms with Gasteiger partial charge in [0.15, 0.2) is 0 Å².